The Balaban J connectivity index is 1.67. The average molecular weight is 449 g/mol. The third kappa shape index (κ3) is 6.86. The van der Waals surface area contributed by atoms with Gasteiger partial charge in [-0.25, -0.2) is 0 Å². The molecule has 0 bridgehead atoms. The smallest absolute Gasteiger partial charge is 0.0102 e. The summed E-state index contributed by atoms with van der Waals surface area (Å²) in [5, 5.41) is 0. The minimum absolute atomic E-state index is 0.481. The molecule has 0 amide bonds. The summed E-state index contributed by atoms with van der Waals surface area (Å²) in [4.78, 5) is 0. The van der Waals surface area contributed by atoms with Crippen LogP contribution < -0.4 is 0 Å². The Hall–Kier alpha value is -1.30. The van der Waals surface area contributed by atoms with Crippen molar-refractivity contribution in [3.63, 3.8) is 0 Å². The summed E-state index contributed by atoms with van der Waals surface area (Å²) in [5.41, 5.74) is 7.02. The van der Waals surface area contributed by atoms with Gasteiger partial charge in [-0.1, -0.05) is 87.6 Å². The summed E-state index contributed by atoms with van der Waals surface area (Å²) < 4.78 is 0. The lowest BCUT2D eigenvalue weighted by atomic mass is 9.65. The quantitative estimate of drug-likeness (QED) is 0.208. The highest BCUT2D eigenvalue weighted by molar-refractivity contribution is 5.34. The second-order valence-electron chi connectivity index (χ2n) is 12.5. The molecule has 0 aliphatic heterocycles. The van der Waals surface area contributed by atoms with Gasteiger partial charge in [-0.3, -0.25) is 0 Å². The fraction of sp³-hybridized carbons (Fsp3) is 0.697. The van der Waals surface area contributed by atoms with E-state index in [1.54, 1.807) is 11.1 Å². The maximum atomic E-state index is 4.73. The van der Waals surface area contributed by atoms with Crippen molar-refractivity contribution in [2.75, 3.05) is 0 Å². The second-order valence-corrected chi connectivity index (χ2v) is 12.5. The lowest BCUT2D eigenvalue weighted by Gasteiger charge is -2.40. The molecule has 0 spiro atoms. The number of hydrogen-bond donors (Lipinski definition) is 0. The van der Waals surface area contributed by atoms with Gasteiger partial charge in [-0.05, 0) is 112 Å². The molecule has 1 atom stereocenters. The van der Waals surface area contributed by atoms with Gasteiger partial charge in [0, 0.05) is 0 Å². The second kappa shape index (κ2) is 11.4. The van der Waals surface area contributed by atoms with Gasteiger partial charge in [0.05, 0.1) is 0 Å². The third-order valence-electron chi connectivity index (χ3n) is 9.58. The molecule has 2 aliphatic carbocycles. The summed E-state index contributed by atoms with van der Waals surface area (Å²) in [6.45, 7) is 20.5. The molecular formula is C33H52. The van der Waals surface area contributed by atoms with E-state index in [2.05, 4.69) is 65.5 Å². The first-order valence-corrected chi connectivity index (χ1v) is 14.1. The molecule has 33 heavy (non-hydrogen) atoms. The normalized spacial score (nSPS) is 23.2. The van der Waals surface area contributed by atoms with Crippen molar-refractivity contribution in [2.24, 2.45) is 22.7 Å². The number of hydrogen-bond acceptors (Lipinski definition) is 0. The van der Waals surface area contributed by atoms with E-state index in [4.69, 9.17) is 6.58 Å². The zero-order valence-corrected chi connectivity index (χ0v) is 22.6. The van der Waals surface area contributed by atoms with Crippen molar-refractivity contribution in [3.05, 3.63) is 59.7 Å². The van der Waals surface area contributed by atoms with Crippen molar-refractivity contribution in [2.45, 2.75) is 124 Å². The van der Waals surface area contributed by atoms with Gasteiger partial charge in [0.1, 0.15) is 0 Å². The molecule has 0 aromatic heterocycles. The molecular weight excluding hydrogens is 396 g/mol. The molecule has 0 saturated heterocycles. The topological polar surface area (TPSA) is 0 Å². The van der Waals surface area contributed by atoms with E-state index < -0.39 is 0 Å². The fourth-order valence-electron chi connectivity index (χ4n) is 6.83. The van der Waals surface area contributed by atoms with E-state index in [-0.39, 0.29) is 0 Å². The molecule has 3 rings (SSSR count). The zero-order valence-electron chi connectivity index (χ0n) is 22.6. The van der Waals surface area contributed by atoms with Gasteiger partial charge in [0.25, 0.3) is 0 Å². The number of benzene rings is 1. The summed E-state index contributed by atoms with van der Waals surface area (Å²) >= 11 is 0. The summed E-state index contributed by atoms with van der Waals surface area (Å²) in [7, 11) is 0. The van der Waals surface area contributed by atoms with E-state index in [0.29, 0.717) is 16.7 Å². The van der Waals surface area contributed by atoms with E-state index >= 15 is 0 Å². The van der Waals surface area contributed by atoms with E-state index in [1.165, 1.54) is 88.2 Å². The van der Waals surface area contributed by atoms with Crippen LogP contribution in [0.1, 0.15) is 127 Å². The van der Waals surface area contributed by atoms with Crippen LogP contribution in [0.4, 0.5) is 0 Å². The Labute approximate surface area is 206 Å². The predicted octanol–water partition coefficient (Wildman–Crippen LogP) is 10.5. The molecule has 1 aromatic rings. The Morgan fingerprint density at radius 1 is 1.03 bits per heavy atom. The molecule has 2 fully saturated rings. The first kappa shape index (κ1) is 26.3. The molecule has 0 heteroatoms. The lowest BCUT2D eigenvalue weighted by Crippen LogP contribution is -2.29. The molecule has 184 valence electrons. The van der Waals surface area contributed by atoms with Crippen LogP contribution in [0.25, 0.3) is 0 Å². The molecule has 0 N–H and O–H groups in total. The summed E-state index contributed by atoms with van der Waals surface area (Å²) in [6, 6.07) is 7.31. The van der Waals surface area contributed by atoms with Crippen molar-refractivity contribution in [1.29, 1.82) is 0 Å². The Kier molecular flexibility index (Phi) is 9.10. The molecule has 0 heterocycles. The monoisotopic (exact) mass is 448 g/mol. The number of allylic oxidation sites excluding steroid dienone is 2. The van der Waals surface area contributed by atoms with Gasteiger partial charge in [-0.15, -0.1) is 6.58 Å². The van der Waals surface area contributed by atoms with Crippen LogP contribution in [0.3, 0.4) is 0 Å². The Bertz CT molecular complexity index is 762. The minimum atomic E-state index is 0.481. The number of rotatable bonds is 13. The third-order valence-corrected chi connectivity index (χ3v) is 9.58. The maximum absolute atomic E-state index is 4.73. The Morgan fingerprint density at radius 2 is 1.67 bits per heavy atom. The summed E-state index contributed by atoms with van der Waals surface area (Å²) in [5.74, 6) is 2.37. The standard InChI is InChI=1S/C33H52/c1-8-10-11-12-13-14-31(29-22-25(3)21-26(4)23-29)33(19-20-33)24-27(5)28-15-17-30(18-16-28)32(6,7)9-2/h8,21-23,28,30-31H,1,5,9-20,24H2,2-4,6-7H3. The fourth-order valence-corrected chi connectivity index (χ4v) is 6.83. The van der Waals surface area contributed by atoms with E-state index in [9.17, 15) is 0 Å². The van der Waals surface area contributed by atoms with E-state index in [1.807, 2.05) is 0 Å². The van der Waals surface area contributed by atoms with Gasteiger partial charge in [0.2, 0.25) is 0 Å². The van der Waals surface area contributed by atoms with Crippen molar-refractivity contribution >= 4 is 0 Å². The highest BCUT2D eigenvalue weighted by Gasteiger charge is 2.50. The van der Waals surface area contributed by atoms with Gasteiger partial charge in [0.15, 0.2) is 0 Å². The maximum Gasteiger partial charge on any atom is -0.0102 e. The van der Waals surface area contributed by atoms with Crippen LogP contribution >= 0.6 is 0 Å². The van der Waals surface area contributed by atoms with Gasteiger partial charge in [-0.2, -0.15) is 0 Å². The minimum Gasteiger partial charge on any atom is -0.103 e. The average Bonchev–Trinajstić information content (AvgIpc) is 3.55. The lowest BCUT2D eigenvalue weighted by molar-refractivity contribution is 0.134. The highest BCUT2D eigenvalue weighted by atomic mass is 14.5. The van der Waals surface area contributed by atoms with E-state index in [0.717, 1.165) is 18.3 Å². The highest BCUT2D eigenvalue weighted by Crippen LogP contribution is 2.62. The molecule has 1 unspecified atom stereocenters. The number of aryl methyl sites for hydroxylation is 2. The molecule has 1 aromatic carbocycles. The molecule has 0 radical (unpaired) electrons. The first-order valence-electron chi connectivity index (χ1n) is 14.1. The van der Waals surface area contributed by atoms with Gasteiger partial charge >= 0.3 is 0 Å². The number of unbranched alkanes of at least 4 members (excludes halogenated alkanes) is 3. The zero-order chi connectivity index (χ0) is 24.1. The van der Waals surface area contributed by atoms with Crippen molar-refractivity contribution in [3.8, 4) is 0 Å². The van der Waals surface area contributed by atoms with Crippen LogP contribution in [0.15, 0.2) is 43.0 Å². The predicted molar refractivity (Wildman–Crippen MR) is 147 cm³/mol. The molecule has 0 nitrogen and oxygen atoms in total. The largest absolute Gasteiger partial charge is 0.103 e. The van der Waals surface area contributed by atoms with Crippen molar-refractivity contribution < 1.29 is 0 Å². The molecule has 2 saturated carbocycles. The van der Waals surface area contributed by atoms with Crippen LogP contribution in [0.5, 0.6) is 0 Å². The van der Waals surface area contributed by atoms with Crippen molar-refractivity contribution in [1.82, 2.24) is 0 Å². The Morgan fingerprint density at radius 3 is 2.21 bits per heavy atom. The summed E-state index contributed by atoms with van der Waals surface area (Å²) in [6.07, 6.45) is 19.5. The van der Waals surface area contributed by atoms with Crippen LogP contribution in [-0.2, 0) is 0 Å². The SMILES string of the molecule is C=CCCCCCC(c1cc(C)cc(C)c1)C1(CC(=C)C2CCC(C(C)(C)CC)CC2)CC1. The van der Waals surface area contributed by atoms with Crippen LogP contribution in [0.2, 0.25) is 0 Å². The van der Waals surface area contributed by atoms with Crippen LogP contribution in [0, 0.1) is 36.5 Å². The van der Waals surface area contributed by atoms with Crippen LogP contribution in [-0.4, -0.2) is 0 Å². The first-order chi connectivity index (χ1) is 15.7. The molecule has 2 aliphatic rings. The van der Waals surface area contributed by atoms with Gasteiger partial charge < -0.3 is 0 Å².